The van der Waals surface area contributed by atoms with E-state index in [1.165, 1.54) is 18.3 Å². The van der Waals surface area contributed by atoms with Gasteiger partial charge in [0.05, 0.1) is 6.21 Å². The first-order valence-corrected chi connectivity index (χ1v) is 8.62. The van der Waals surface area contributed by atoms with Gasteiger partial charge in [-0.3, -0.25) is 9.59 Å². The number of aryl methyl sites for hydroxylation is 1. The van der Waals surface area contributed by atoms with E-state index in [9.17, 15) is 14.7 Å². The second-order valence-corrected chi connectivity index (χ2v) is 6.19. The van der Waals surface area contributed by atoms with Crippen molar-refractivity contribution in [1.82, 2.24) is 5.43 Å². The monoisotopic (exact) mass is 373 g/mol. The van der Waals surface area contributed by atoms with Crippen LogP contribution in [0.25, 0.3) is 0 Å². The van der Waals surface area contributed by atoms with Crippen LogP contribution in [-0.2, 0) is 0 Å². The topological polar surface area (TPSA) is 90.8 Å². The summed E-state index contributed by atoms with van der Waals surface area (Å²) in [5.74, 6) is -0.419. The maximum absolute atomic E-state index is 12.2. The number of aromatic hydroxyl groups is 1. The minimum absolute atomic E-state index is 0.163. The zero-order valence-electron chi connectivity index (χ0n) is 15.2. The molecule has 0 radical (unpaired) electrons. The molecule has 0 aliphatic heterocycles. The van der Waals surface area contributed by atoms with Gasteiger partial charge in [0.15, 0.2) is 0 Å². The predicted molar refractivity (Wildman–Crippen MR) is 109 cm³/mol. The normalized spacial score (nSPS) is 10.6. The lowest BCUT2D eigenvalue weighted by molar-refractivity contribution is 0.0954. The lowest BCUT2D eigenvalue weighted by Crippen LogP contribution is -2.17. The zero-order valence-corrected chi connectivity index (χ0v) is 15.2. The van der Waals surface area contributed by atoms with Gasteiger partial charge in [0.1, 0.15) is 5.75 Å². The molecule has 0 aliphatic rings. The van der Waals surface area contributed by atoms with Gasteiger partial charge in [-0.1, -0.05) is 17.7 Å². The Labute approximate surface area is 162 Å². The molecule has 0 unspecified atom stereocenters. The second kappa shape index (κ2) is 8.64. The molecule has 3 rings (SSSR count). The lowest BCUT2D eigenvalue weighted by atomic mass is 10.1. The third kappa shape index (κ3) is 5.04. The van der Waals surface area contributed by atoms with Crippen molar-refractivity contribution in [1.29, 1.82) is 0 Å². The van der Waals surface area contributed by atoms with Crippen LogP contribution in [0.2, 0.25) is 0 Å². The number of carbonyl (C=O) groups is 2. The van der Waals surface area contributed by atoms with Crippen LogP contribution >= 0.6 is 0 Å². The first-order chi connectivity index (χ1) is 13.5. The van der Waals surface area contributed by atoms with Crippen molar-refractivity contribution in [2.45, 2.75) is 6.92 Å². The lowest BCUT2D eigenvalue weighted by Gasteiger charge is -2.06. The smallest absolute Gasteiger partial charge is 0.271 e. The van der Waals surface area contributed by atoms with Gasteiger partial charge in [0.2, 0.25) is 0 Å². The highest BCUT2D eigenvalue weighted by atomic mass is 16.3. The first-order valence-electron chi connectivity index (χ1n) is 8.62. The maximum atomic E-state index is 12.2. The van der Waals surface area contributed by atoms with Crippen molar-refractivity contribution in [3.05, 3.63) is 95.1 Å². The Kier molecular flexibility index (Phi) is 5.81. The van der Waals surface area contributed by atoms with Gasteiger partial charge in [0, 0.05) is 16.8 Å². The molecule has 28 heavy (non-hydrogen) atoms. The summed E-state index contributed by atoms with van der Waals surface area (Å²) >= 11 is 0. The minimum Gasteiger partial charge on any atom is -0.508 e. The van der Waals surface area contributed by atoms with Gasteiger partial charge in [0.25, 0.3) is 11.8 Å². The summed E-state index contributed by atoms with van der Waals surface area (Å²) in [5.41, 5.74) is 5.83. The molecule has 6 heteroatoms. The highest BCUT2D eigenvalue weighted by Crippen LogP contribution is 2.12. The van der Waals surface area contributed by atoms with E-state index in [1.807, 2.05) is 19.1 Å². The quantitative estimate of drug-likeness (QED) is 0.470. The summed E-state index contributed by atoms with van der Waals surface area (Å²) in [4.78, 5) is 24.3. The number of anilines is 1. The third-order valence-electron chi connectivity index (χ3n) is 3.99. The van der Waals surface area contributed by atoms with Crippen LogP contribution < -0.4 is 10.7 Å². The Morgan fingerprint density at radius 3 is 2.04 bits per heavy atom. The van der Waals surface area contributed by atoms with Crippen molar-refractivity contribution < 1.29 is 14.7 Å². The Bertz CT molecular complexity index is 993. The molecule has 0 bridgehead atoms. The molecule has 0 atom stereocenters. The standard InChI is InChI=1S/C22H19N3O3/c1-15-2-6-17(7-3-15)21(27)24-19-10-8-18(9-11-19)22(28)25-23-14-16-4-12-20(26)13-5-16/h2-14,26H,1H3,(H,24,27)(H,25,28)/b23-14-. The SMILES string of the molecule is Cc1ccc(C(=O)Nc2ccc(C(=O)N/N=C\c3ccc(O)cc3)cc2)cc1. The molecule has 0 aromatic heterocycles. The fourth-order valence-corrected chi connectivity index (χ4v) is 2.40. The van der Waals surface area contributed by atoms with Crippen molar-refractivity contribution >= 4 is 23.7 Å². The van der Waals surface area contributed by atoms with Crippen LogP contribution in [0, 0.1) is 6.92 Å². The van der Waals surface area contributed by atoms with Gasteiger partial charge in [-0.25, -0.2) is 5.43 Å². The first kappa shape index (κ1) is 18.8. The Morgan fingerprint density at radius 1 is 0.821 bits per heavy atom. The number of phenolic OH excluding ortho intramolecular Hbond substituents is 1. The summed E-state index contributed by atoms with van der Waals surface area (Å²) in [6.45, 7) is 1.96. The van der Waals surface area contributed by atoms with Gasteiger partial charge in [-0.2, -0.15) is 5.10 Å². The van der Waals surface area contributed by atoms with Crippen molar-refractivity contribution in [2.24, 2.45) is 5.10 Å². The van der Waals surface area contributed by atoms with E-state index >= 15 is 0 Å². The Morgan fingerprint density at radius 2 is 1.39 bits per heavy atom. The molecular formula is C22H19N3O3. The number of hydrazone groups is 1. The number of nitrogens with zero attached hydrogens (tertiary/aromatic N) is 1. The molecule has 140 valence electrons. The summed E-state index contributed by atoms with van der Waals surface area (Å²) in [6.07, 6.45) is 1.48. The molecule has 0 spiro atoms. The van der Waals surface area contributed by atoms with E-state index in [-0.39, 0.29) is 17.6 Å². The molecule has 0 aliphatic carbocycles. The highest BCUT2D eigenvalue weighted by molar-refractivity contribution is 6.04. The van der Waals surface area contributed by atoms with Gasteiger partial charge >= 0.3 is 0 Å². The average Bonchev–Trinajstić information content (AvgIpc) is 2.70. The van der Waals surface area contributed by atoms with Crippen LogP contribution in [0.1, 0.15) is 31.8 Å². The number of benzene rings is 3. The Balaban J connectivity index is 1.57. The van der Waals surface area contributed by atoms with E-state index in [0.717, 1.165) is 11.1 Å². The molecule has 3 N–H and O–H groups in total. The van der Waals surface area contributed by atoms with Crippen molar-refractivity contribution in [2.75, 3.05) is 5.32 Å². The van der Waals surface area contributed by atoms with Gasteiger partial charge < -0.3 is 10.4 Å². The van der Waals surface area contributed by atoms with Crippen molar-refractivity contribution in [3.63, 3.8) is 0 Å². The van der Waals surface area contributed by atoms with E-state index in [4.69, 9.17) is 0 Å². The molecule has 3 aromatic carbocycles. The molecule has 0 saturated carbocycles. The summed E-state index contributed by atoms with van der Waals surface area (Å²) in [7, 11) is 0. The van der Waals surface area contributed by atoms with Crippen LogP contribution in [0.4, 0.5) is 5.69 Å². The van der Waals surface area contributed by atoms with Gasteiger partial charge in [-0.05, 0) is 73.2 Å². The molecule has 0 heterocycles. The summed E-state index contributed by atoms with van der Waals surface area (Å²) in [5, 5.41) is 15.9. The fraction of sp³-hybridized carbons (Fsp3) is 0.0455. The molecule has 3 aromatic rings. The third-order valence-corrected chi connectivity index (χ3v) is 3.99. The molecule has 0 saturated heterocycles. The molecule has 6 nitrogen and oxygen atoms in total. The molecule has 2 amide bonds. The van der Waals surface area contributed by atoms with E-state index in [1.54, 1.807) is 48.5 Å². The number of carbonyl (C=O) groups excluding carboxylic acids is 2. The van der Waals surface area contributed by atoms with Crippen LogP contribution in [0.5, 0.6) is 5.75 Å². The largest absolute Gasteiger partial charge is 0.508 e. The second-order valence-electron chi connectivity index (χ2n) is 6.19. The number of amides is 2. The minimum atomic E-state index is -0.369. The van der Waals surface area contributed by atoms with E-state index in [0.29, 0.717) is 16.8 Å². The predicted octanol–water partition coefficient (Wildman–Crippen LogP) is 3.72. The van der Waals surface area contributed by atoms with Crippen LogP contribution in [0.3, 0.4) is 0 Å². The van der Waals surface area contributed by atoms with Gasteiger partial charge in [-0.15, -0.1) is 0 Å². The van der Waals surface area contributed by atoms with Crippen LogP contribution in [-0.4, -0.2) is 23.1 Å². The van der Waals surface area contributed by atoms with E-state index < -0.39 is 0 Å². The Hall–Kier alpha value is -3.93. The molecular weight excluding hydrogens is 354 g/mol. The zero-order chi connectivity index (χ0) is 19.9. The molecule has 0 fully saturated rings. The van der Waals surface area contributed by atoms with Crippen molar-refractivity contribution in [3.8, 4) is 5.75 Å². The number of hydrogen-bond acceptors (Lipinski definition) is 4. The number of rotatable bonds is 5. The summed E-state index contributed by atoms with van der Waals surface area (Å²) in [6, 6.07) is 20.2. The van der Waals surface area contributed by atoms with E-state index in [2.05, 4.69) is 15.8 Å². The number of nitrogens with one attached hydrogen (secondary N) is 2. The maximum Gasteiger partial charge on any atom is 0.271 e. The fourth-order valence-electron chi connectivity index (χ4n) is 2.40. The average molecular weight is 373 g/mol. The number of hydrogen-bond donors (Lipinski definition) is 3. The number of phenols is 1. The summed E-state index contributed by atoms with van der Waals surface area (Å²) < 4.78 is 0. The van der Waals surface area contributed by atoms with Crippen LogP contribution in [0.15, 0.2) is 77.9 Å². The highest BCUT2D eigenvalue weighted by Gasteiger charge is 2.07.